The van der Waals surface area contributed by atoms with Gasteiger partial charge in [-0.25, -0.2) is 4.98 Å². The van der Waals surface area contributed by atoms with E-state index in [9.17, 15) is 0 Å². The summed E-state index contributed by atoms with van der Waals surface area (Å²) in [5.74, 6) is 0.832. The quantitative estimate of drug-likeness (QED) is 0.758. The lowest BCUT2D eigenvalue weighted by Crippen LogP contribution is -2.16. The Balaban J connectivity index is 1.51. The number of nitrogens with zero attached hydrogens (tertiary/aromatic N) is 2. The highest BCUT2D eigenvalue weighted by atomic mass is 32.1. The molecular weight excluding hydrogens is 302 g/mol. The van der Waals surface area contributed by atoms with Crippen LogP contribution in [0.1, 0.15) is 39.0 Å². The third-order valence-electron chi connectivity index (χ3n) is 5.00. The van der Waals surface area contributed by atoms with Gasteiger partial charge in [-0.2, -0.15) is 5.10 Å². The van der Waals surface area contributed by atoms with E-state index < -0.39 is 0 Å². The molecule has 0 unspecified atom stereocenters. The van der Waals surface area contributed by atoms with Crippen LogP contribution >= 0.6 is 11.3 Å². The van der Waals surface area contributed by atoms with Crippen LogP contribution in [0.5, 0.6) is 0 Å². The van der Waals surface area contributed by atoms with Crippen LogP contribution in [0, 0.1) is 5.92 Å². The first-order chi connectivity index (χ1) is 11.3. The first-order valence-corrected chi connectivity index (χ1v) is 9.23. The lowest BCUT2D eigenvalue weighted by Gasteiger charge is -2.22. The topological polar surface area (TPSA) is 37.3 Å². The molecule has 4 rings (SSSR count). The molecule has 1 heterocycles. The maximum absolute atomic E-state index is 4.66. The molecule has 1 fully saturated rings. The highest BCUT2D eigenvalue weighted by Crippen LogP contribution is 2.40. The number of thiazole rings is 1. The number of rotatable bonds is 3. The highest BCUT2D eigenvalue weighted by Gasteiger charge is 2.28. The van der Waals surface area contributed by atoms with Crippen molar-refractivity contribution < 1.29 is 0 Å². The summed E-state index contributed by atoms with van der Waals surface area (Å²) in [5.41, 5.74) is 9.62. The van der Waals surface area contributed by atoms with E-state index in [1.54, 1.807) is 16.9 Å². The molecule has 2 aliphatic rings. The molecule has 0 amide bonds. The molecule has 0 saturated heterocycles. The van der Waals surface area contributed by atoms with Crippen LogP contribution in [0.25, 0.3) is 11.3 Å². The van der Waals surface area contributed by atoms with Gasteiger partial charge < -0.3 is 0 Å². The number of benzene rings is 1. The van der Waals surface area contributed by atoms with Crippen LogP contribution < -0.4 is 5.43 Å². The molecule has 1 aromatic heterocycles. The maximum Gasteiger partial charge on any atom is 0.203 e. The van der Waals surface area contributed by atoms with Crippen LogP contribution in [0.4, 0.5) is 5.13 Å². The Morgan fingerprint density at radius 2 is 2.04 bits per heavy atom. The fourth-order valence-corrected chi connectivity index (χ4v) is 4.40. The normalized spacial score (nSPS) is 22.5. The summed E-state index contributed by atoms with van der Waals surface area (Å²) in [6.45, 7) is 2.24. The smallest absolute Gasteiger partial charge is 0.203 e. The first-order valence-electron chi connectivity index (χ1n) is 8.35. The molecule has 2 aliphatic carbocycles. The third kappa shape index (κ3) is 2.95. The third-order valence-corrected chi connectivity index (χ3v) is 5.74. The van der Waals surface area contributed by atoms with E-state index in [0.717, 1.165) is 28.7 Å². The Hall–Kier alpha value is -1.94. The Morgan fingerprint density at radius 3 is 2.91 bits per heavy atom. The van der Waals surface area contributed by atoms with Crippen LogP contribution in [0.15, 0.2) is 52.0 Å². The zero-order valence-corrected chi connectivity index (χ0v) is 14.2. The van der Waals surface area contributed by atoms with Crippen molar-refractivity contribution in [3.05, 3.63) is 46.9 Å². The van der Waals surface area contributed by atoms with Crippen molar-refractivity contribution in [1.29, 1.82) is 0 Å². The fourth-order valence-electron chi connectivity index (χ4n) is 3.73. The second kappa shape index (κ2) is 6.28. The molecule has 0 aliphatic heterocycles. The number of hydrazone groups is 1. The summed E-state index contributed by atoms with van der Waals surface area (Å²) in [6, 6.07) is 10.3. The van der Waals surface area contributed by atoms with E-state index in [4.69, 9.17) is 0 Å². The van der Waals surface area contributed by atoms with Gasteiger partial charge in [-0.15, -0.1) is 11.3 Å². The molecule has 23 heavy (non-hydrogen) atoms. The largest absolute Gasteiger partial charge is 0.252 e. The molecule has 2 aromatic rings. The van der Waals surface area contributed by atoms with Gasteiger partial charge in [0.15, 0.2) is 0 Å². The number of hydrogen-bond acceptors (Lipinski definition) is 4. The van der Waals surface area contributed by atoms with Crippen molar-refractivity contribution in [3.63, 3.8) is 0 Å². The fraction of sp³-hybridized carbons (Fsp3) is 0.368. The van der Waals surface area contributed by atoms with Gasteiger partial charge in [-0.1, -0.05) is 35.9 Å². The summed E-state index contributed by atoms with van der Waals surface area (Å²) < 4.78 is 0. The van der Waals surface area contributed by atoms with Gasteiger partial charge in [0.2, 0.25) is 5.13 Å². The molecule has 3 nitrogen and oxygen atoms in total. The first kappa shape index (κ1) is 14.6. The van der Waals surface area contributed by atoms with Crippen molar-refractivity contribution in [2.45, 2.75) is 39.0 Å². The van der Waals surface area contributed by atoms with Crippen LogP contribution in [-0.2, 0) is 0 Å². The van der Waals surface area contributed by atoms with Gasteiger partial charge in [0.25, 0.3) is 0 Å². The lowest BCUT2D eigenvalue weighted by molar-refractivity contribution is 0.574. The van der Waals surface area contributed by atoms with E-state index in [-0.39, 0.29) is 0 Å². The standard InChI is InChI=1S/C19H21N3S/c1-13-16-9-5-8-14(16)10-11-17(13)21-22-19-20-18(12-23-19)15-6-3-2-4-7-15/h2-4,6-7,12,14H,5,8-11H2,1H3,(H,20,22)/t14-/m0/s1. The monoisotopic (exact) mass is 323 g/mol. The van der Waals surface area contributed by atoms with Crippen LogP contribution in [0.2, 0.25) is 0 Å². The van der Waals surface area contributed by atoms with Gasteiger partial charge in [0, 0.05) is 10.9 Å². The zero-order chi connectivity index (χ0) is 15.6. The van der Waals surface area contributed by atoms with Gasteiger partial charge in [-0.05, 0) is 50.5 Å². The molecule has 0 bridgehead atoms. The molecule has 4 heteroatoms. The van der Waals surface area contributed by atoms with Crippen LogP contribution in [-0.4, -0.2) is 10.7 Å². The zero-order valence-electron chi connectivity index (χ0n) is 13.4. The molecular formula is C19H21N3S. The SMILES string of the molecule is CC1=C2CCC[C@H]2CCC1=NNc1nc(-c2ccccc2)cs1. The molecule has 0 radical (unpaired) electrons. The van der Waals surface area contributed by atoms with E-state index in [1.165, 1.54) is 37.0 Å². The second-order valence-corrected chi connectivity index (χ2v) is 7.21. The van der Waals surface area contributed by atoms with Crippen molar-refractivity contribution in [3.8, 4) is 11.3 Å². The molecule has 118 valence electrons. The minimum Gasteiger partial charge on any atom is -0.252 e. The Labute approximate surface area is 141 Å². The predicted molar refractivity (Wildman–Crippen MR) is 97.9 cm³/mol. The maximum atomic E-state index is 4.66. The number of aromatic nitrogens is 1. The van der Waals surface area contributed by atoms with E-state index >= 15 is 0 Å². The van der Waals surface area contributed by atoms with E-state index in [1.807, 2.05) is 18.2 Å². The number of fused-ring (bicyclic) bond motifs is 1. The second-order valence-electron chi connectivity index (χ2n) is 6.35. The van der Waals surface area contributed by atoms with Crippen molar-refractivity contribution >= 4 is 22.2 Å². The summed E-state index contributed by atoms with van der Waals surface area (Å²) in [4.78, 5) is 4.64. The summed E-state index contributed by atoms with van der Waals surface area (Å²) in [5, 5.41) is 7.60. The number of nitrogens with one attached hydrogen (secondary N) is 1. The van der Waals surface area contributed by atoms with Crippen molar-refractivity contribution in [2.75, 3.05) is 5.43 Å². The average molecular weight is 323 g/mol. The van der Waals surface area contributed by atoms with Crippen LogP contribution in [0.3, 0.4) is 0 Å². The van der Waals surface area contributed by atoms with Crippen molar-refractivity contribution in [1.82, 2.24) is 4.98 Å². The van der Waals surface area contributed by atoms with Gasteiger partial charge in [0.05, 0.1) is 11.4 Å². The average Bonchev–Trinajstić information content (AvgIpc) is 3.25. The minimum atomic E-state index is 0.832. The number of allylic oxidation sites excluding steroid dienone is 2. The summed E-state index contributed by atoms with van der Waals surface area (Å²) in [7, 11) is 0. The predicted octanol–water partition coefficient (Wildman–Crippen LogP) is 5.49. The van der Waals surface area contributed by atoms with E-state index in [2.05, 4.69) is 39.9 Å². The Morgan fingerprint density at radius 1 is 1.17 bits per heavy atom. The molecule has 1 atom stereocenters. The van der Waals surface area contributed by atoms with E-state index in [0.29, 0.717) is 0 Å². The molecule has 0 spiro atoms. The Bertz CT molecular complexity index is 758. The Kier molecular flexibility index (Phi) is 4.00. The highest BCUT2D eigenvalue weighted by molar-refractivity contribution is 7.14. The summed E-state index contributed by atoms with van der Waals surface area (Å²) >= 11 is 1.61. The van der Waals surface area contributed by atoms with Crippen molar-refractivity contribution in [2.24, 2.45) is 11.0 Å². The molecule has 1 saturated carbocycles. The van der Waals surface area contributed by atoms with Gasteiger partial charge in [0.1, 0.15) is 0 Å². The minimum absolute atomic E-state index is 0.832. The van der Waals surface area contributed by atoms with Gasteiger partial charge >= 0.3 is 0 Å². The number of hydrogen-bond donors (Lipinski definition) is 1. The number of anilines is 1. The van der Waals surface area contributed by atoms with Gasteiger partial charge in [-0.3, -0.25) is 5.43 Å². The molecule has 1 aromatic carbocycles. The molecule has 1 N–H and O–H groups in total. The lowest BCUT2D eigenvalue weighted by atomic mass is 9.84. The summed E-state index contributed by atoms with van der Waals surface area (Å²) in [6.07, 6.45) is 6.35.